The van der Waals surface area contributed by atoms with Crippen LogP contribution >= 0.6 is 12.2 Å². The molecule has 1 aromatic heterocycles. The molecule has 1 heterocycles. The Balaban J connectivity index is 2.35. The number of hydrogen-bond acceptors (Lipinski definition) is 2. The van der Waals surface area contributed by atoms with Crippen LogP contribution in [0.15, 0.2) is 24.3 Å². The lowest BCUT2D eigenvalue weighted by Crippen LogP contribution is -2.02. The van der Waals surface area contributed by atoms with Gasteiger partial charge in [0.25, 0.3) is 0 Å². The third-order valence-electron chi connectivity index (χ3n) is 3.09. The Morgan fingerprint density at radius 1 is 1.11 bits per heavy atom. The van der Waals surface area contributed by atoms with Crippen LogP contribution in [-0.4, -0.2) is 9.97 Å². The van der Waals surface area contributed by atoms with Gasteiger partial charge in [0, 0.05) is 12.1 Å². The lowest BCUT2D eigenvalue weighted by atomic mass is 10.0. The van der Waals surface area contributed by atoms with Gasteiger partial charge in [-0.2, -0.15) is 0 Å². The maximum atomic E-state index is 5.24. The molecule has 3 heteroatoms. The van der Waals surface area contributed by atoms with Crippen molar-refractivity contribution in [2.75, 3.05) is 0 Å². The van der Waals surface area contributed by atoms with E-state index in [9.17, 15) is 0 Å². The van der Waals surface area contributed by atoms with E-state index in [-0.39, 0.29) is 0 Å². The number of aromatic nitrogens is 2. The highest BCUT2D eigenvalue weighted by molar-refractivity contribution is 7.71. The number of H-pyrrole nitrogens is 1. The van der Waals surface area contributed by atoms with Crippen LogP contribution in [-0.2, 0) is 6.42 Å². The molecule has 2 rings (SSSR count). The van der Waals surface area contributed by atoms with Gasteiger partial charge in [-0.3, -0.25) is 0 Å². The van der Waals surface area contributed by atoms with Crippen molar-refractivity contribution in [3.05, 3.63) is 57.1 Å². The maximum Gasteiger partial charge on any atom is 0.130 e. The van der Waals surface area contributed by atoms with Crippen LogP contribution in [0.3, 0.4) is 0 Å². The van der Waals surface area contributed by atoms with E-state index in [1.54, 1.807) is 0 Å². The second-order valence-electron chi connectivity index (χ2n) is 5.45. The zero-order valence-electron chi connectivity index (χ0n) is 11.9. The molecule has 0 spiro atoms. The van der Waals surface area contributed by atoms with Crippen LogP contribution in [0, 0.1) is 18.5 Å². The van der Waals surface area contributed by atoms with Crippen molar-refractivity contribution in [1.29, 1.82) is 0 Å². The normalized spacial score (nSPS) is 11.0. The SMILES string of the molecule is Cc1cc(C)cc(Cc2nc(=S)cc(C(C)C)[nH]2)c1. The number of aryl methyl sites for hydroxylation is 2. The lowest BCUT2D eigenvalue weighted by molar-refractivity contribution is 0.788. The highest BCUT2D eigenvalue weighted by atomic mass is 32.1. The minimum Gasteiger partial charge on any atom is -0.347 e. The smallest absolute Gasteiger partial charge is 0.130 e. The summed E-state index contributed by atoms with van der Waals surface area (Å²) < 4.78 is 0.668. The Hall–Kier alpha value is -1.48. The van der Waals surface area contributed by atoms with Gasteiger partial charge in [0.15, 0.2) is 0 Å². The molecule has 0 atom stereocenters. The van der Waals surface area contributed by atoms with Gasteiger partial charge in [-0.1, -0.05) is 55.4 Å². The first kappa shape index (κ1) is 13.9. The number of benzene rings is 1. The summed E-state index contributed by atoms with van der Waals surface area (Å²) in [5.74, 6) is 1.38. The Kier molecular flexibility index (Phi) is 4.15. The van der Waals surface area contributed by atoms with Crippen LogP contribution in [0.5, 0.6) is 0 Å². The molecule has 0 aliphatic heterocycles. The highest BCUT2D eigenvalue weighted by Crippen LogP contribution is 2.15. The van der Waals surface area contributed by atoms with Crippen molar-refractivity contribution in [1.82, 2.24) is 9.97 Å². The molecule has 0 amide bonds. The van der Waals surface area contributed by atoms with Gasteiger partial charge in [-0.05, 0) is 31.4 Å². The number of hydrogen-bond donors (Lipinski definition) is 1. The first-order valence-electron chi connectivity index (χ1n) is 6.61. The average molecular weight is 272 g/mol. The molecular weight excluding hydrogens is 252 g/mol. The number of nitrogens with zero attached hydrogens (tertiary/aromatic N) is 1. The molecule has 100 valence electrons. The van der Waals surface area contributed by atoms with Crippen molar-refractivity contribution in [2.24, 2.45) is 0 Å². The van der Waals surface area contributed by atoms with Gasteiger partial charge in [0.05, 0.1) is 0 Å². The predicted molar refractivity (Wildman–Crippen MR) is 82.2 cm³/mol. The van der Waals surface area contributed by atoms with Crippen LogP contribution in [0.1, 0.15) is 48.0 Å². The summed E-state index contributed by atoms with van der Waals surface area (Å²) in [5, 5.41) is 0. The van der Waals surface area contributed by atoms with Gasteiger partial charge >= 0.3 is 0 Å². The second kappa shape index (κ2) is 5.66. The van der Waals surface area contributed by atoms with Crippen LogP contribution in [0.2, 0.25) is 0 Å². The standard InChI is InChI=1S/C16H20N2S/c1-10(2)14-9-16(19)18-15(17-14)8-13-6-11(3)5-12(4)7-13/h5-7,9-10H,8H2,1-4H3,(H,17,18,19). The Morgan fingerprint density at radius 2 is 1.74 bits per heavy atom. The molecule has 1 N–H and O–H groups in total. The molecule has 19 heavy (non-hydrogen) atoms. The topological polar surface area (TPSA) is 28.7 Å². The van der Waals surface area contributed by atoms with Crippen molar-refractivity contribution in [3.63, 3.8) is 0 Å². The first-order chi connectivity index (χ1) is 8.94. The summed E-state index contributed by atoms with van der Waals surface area (Å²) in [6, 6.07) is 8.54. The van der Waals surface area contributed by atoms with E-state index in [0.29, 0.717) is 10.6 Å². The van der Waals surface area contributed by atoms with Gasteiger partial charge in [0.1, 0.15) is 10.5 Å². The van der Waals surface area contributed by atoms with Crippen molar-refractivity contribution in [2.45, 2.75) is 40.0 Å². The van der Waals surface area contributed by atoms with E-state index in [0.717, 1.165) is 17.9 Å². The van der Waals surface area contributed by atoms with Gasteiger partial charge < -0.3 is 4.98 Å². The van der Waals surface area contributed by atoms with E-state index >= 15 is 0 Å². The molecule has 0 aliphatic rings. The second-order valence-corrected chi connectivity index (χ2v) is 5.87. The Morgan fingerprint density at radius 3 is 2.32 bits per heavy atom. The Bertz CT molecular complexity index is 621. The molecule has 2 nitrogen and oxygen atoms in total. The summed E-state index contributed by atoms with van der Waals surface area (Å²) >= 11 is 5.24. The molecule has 0 aliphatic carbocycles. The minimum absolute atomic E-state index is 0.433. The largest absolute Gasteiger partial charge is 0.347 e. The predicted octanol–water partition coefficient (Wildman–Crippen LogP) is 4.47. The fourth-order valence-corrected chi connectivity index (χ4v) is 2.53. The van der Waals surface area contributed by atoms with Crippen LogP contribution < -0.4 is 0 Å². The highest BCUT2D eigenvalue weighted by Gasteiger charge is 2.05. The summed E-state index contributed by atoms with van der Waals surface area (Å²) in [7, 11) is 0. The third-order valence-corrected chi connectivity index (χ3v) is 3.30. The number of rotatable bonds is 3. The van der Waals surface area contributed by atoms with Crippen molar-refractivity contribution in [3.8, 4) is 0 Å². The molecule has 0 saturated heterocycles. The fraction of sp³-hybridized carbons (Fsp3) is 0.375. The van der Waals surface area contributed by atoms with E-state index in [1.807, 2.05) is 6.07 Å². The average Bonchev–Trinajstić information content (AvgIpc) is 2.26. The van der Waals surface area contributed by atoms with E-state index in [4.69, 9.17) is 12.2 Å². The maximum absolute atomic E-state index is 5.24. The molecule has 0 saturated carbocycles. The molecule has 0 radical (unpaired) electrons. The van der Waals surface area contributed by atoms with Crippen LogP contribution in [0.4, 0.5) is 0 Å². The lowest BCUT2D eigenvalue weighted by Gasteiger charge is -2.09. The van der Waals surface area contributed by atoms with Gasteiger partial charge in [-0.15, -0.1) is 0 Å². The molecule has 0 fully saturated rings. The Labute approximate surface area is 119 Å². The molecule has 2 aromatic rings. The summed E-state index contributed by atoms with van der Waals surface area (Å²) in [5.41, 5.74) is 5.00. The van der Waals surface area contributed by atoms with Gasteiger partial charge in [-0.25, -0.2) is 4.98 Å². The van der Waals surface area contributed by atoms with E-state index in [1.165, 1.54) is 16.7 Å². The summed E-state index contributed by atoms with van der Waals surface area (Å²) in [4.78, 5) is 7.82. The van der Waals surface area contributed by atoms with Crippen molar-refractivity contribution < 1.29 is 0 Å². The quantitative estimate of drug-likeness (QED) is 0.835. The van der Waals surface area contributed by atoms with Crippen molar-refractivity contribution >= 4 is 12.2 Å². The van der Waals surface area contributed by atoms with E-state index in [2.05, 4.69) is 55.9 Å². The number of nitrogens with one attached hydrogen (secondary N) is 1. The number of aromatic amines is 1. The monoisotopic (exact) mass is 272 g/mol. The zero-order chi connectivity index (χ0) is 14.0. The first-order valence-corrected chi connectivity index (χ1v) is 7.02. The molecule has 0 unspecified atom stereocenters. The van der Waals surface area contributed by atoms with Gasteiger partial charge in [0.2, 0.25) is 0 Å². The third kappa shape index (κ3) is 3.74. The molecular formula is C16H20N2S. The van der Waals surface area contributed by atoms with Crippen LogP contribution in [0.25, 0.3) is 0 Å². The minimum atomic E-state index is 0.433. The summed E-state index contributed by atoms with van der Waals surface area (Å²) in [6.07, 6.45) is 0.798. The van der Waals surface area contributed by atoms with E-state index < -0.39 is 0 Å². The molecule has 0 bridgehead atoms. The molecule has 1 aromatic carbocycles. The zero-order valence-corrected chi connectivity index (χ0v) is 12.8. The fourth-order valence-electron chi connectivity index (χ4n) is 2.29. The summed E-state index contributed by atoms with van der Waals surface area (Å²) in [6.45, 7) is 8.55.